The summed E-state index contributed by atoms with van der Waals surface area (Å²) in [5.41, 5.74) is 1.41. The van der Waals surface area contributed by atoms with E-state index in [1.165, 1.54) is 7.11 Å². The molecule has 110 valence electrons. The highest BCUT2D eigenvalue weighted by molar-refractivity contribution is 5.81. The van der Waals surface area contributed by atoms with Crippen molar-refractivity contribution in [1.82, 2.24) is 10.2 Å². The second kappa shape index (κ2) is 5.32. The first-order chi connectivity index (χ1) is 9.31. The van der Waals surface area contributed by atoms with Crippen molar-refractivity contribution in [1.29, 1.82) is 0 Å². The molecule has 0 aromatic heterocycles. The van der Waals surface area contributed by atoms with Crippen LogP contribution < -0.4 is 10.1 Å². The van der Waals surface area contributed by atoms with Gasteiger partial charge in [-0.05, 0) is 30.2 Å². The SMILES string of the molecule is COc1ccc(C2NCC(=O)N2CC(F)(F)F)cc1C. The van der Waals surface area contributed by atoms with E-state index in [-0.39, 0.29) is 6.54 Å². The highest BCUT2D eigenvalue weighted by Gasteiger charge is 2.40. The number of rotatable bonds is 3. The first kappa shape index (κ1) is 14.6. The molecule has 0 spiro atoms. The van der Waals surface area contributed by atoms with Crippen molar-refractivity contribution in [3.8, 4) is 5.75 Å². The molecule has 1 aromatic carbocycles. The van der Waals surface area contributed by atoms with Crippen LogP contribution in [0.15, 0.2) is 18.2 Å². The van der Waals surface area contributed by atoms with Crippen molar-refractivity contribution in [2.45, 2.75) is 19.3 Å². The minimum absolute atomic E-state index is 0.0914. The van der Waals surface area contributed by atoms with Crippen LogP contribution in [-0.4, -0.2) is 37.2 Å². The van der Waals surface area contributed by atoms with E-state index in [0.717, 1.165) is 10.5 Å². The molecule has 2 rings (SSSR count). The molecule has 1 amide bonds. The summed E-state index contributed by atoms with van der Waals surface area (Å²) in [6, 6.07) is 5.06. The van der Waals surface area contributed by atoms with Gasteiger partial charge in [0.1, 0.15) is 18.5 Å². The van der Waals surface area contributed by atoms with Crippen molar-refractivity contribution >= 4 is 5.91 Å². The third-order valence-corrected chi connectivity index (χ3v) is 3.16. The first-order valence-electron chi connectivity index (χ1n) is 6.06. The molecule has 20 heavy (non-hydrogen) atoms. The molecule has 1 aliphatic heterocycles. The van der Waals surface area contributed by atoms with Crippen LogP contribution in [0.4, 0.5) is 13.2 Å². The number of hydrogen-bond donors (Lipinski definition) is 1. The monoisotopic (exact) mass is 288 g/mol. The van der Waals surface area contributed by atoms with Gasteiger partial charge in [-0.1, -0.05) is 6.07 Å². The molecule has 0 radical (unpaired) electrons. The number of ether oxygens (including phenoxy) is 1. The number of nitrogens with zero attached hydrogens (tertiary/aromatic N) is 1. The van der Waals surface area contributed by atoms with Gasteiger partial charge in [0.05, 0.1) is 13.7 Å². The van der Waals surface area contributed by atoms with Gasteiger partial charge >= 0.3 is 6.18 Å². The Morgan fingerprint density at radius 3 is 2.70 bits per heavy atom. The highest BCUT2D eigenvalue weighted by Crippen LogP contribution is 2.29. The van der Waals surface area contributed by atoms with Crippen LogP contribution in [0, 0.1) is 6.92 Å². The lowest BCUT2D eigenvalue weighted by molar-refractivity contribution is -0.161. The van der Waals surface area contributed by atoms with E-state index in [4.69, 9.17) is 4.74 Å². The minimum atomic E-state index is -4.42. The van der Waals surface area contributed by atoms with Gasteiger partial charge in [0.15, 0.2) is 0 Å². The van der Waals surface area contributed by atoms with Gasteiger partial charge in [0.25, 0.3) is 0 Å². The molecule has 0 saturated carbocycles. The summed E-state index contributed by atoms with van der Waals surface area (Å²) in [7, 11) is 1.52. The van der Waals surface area contributed by atoms with E-state index in [0.29, 0.717) is 11.3 Å². The number of alkyl halides is 3. The lowest BCUT2D eigenvalue weighted by Crippen LogP contribution is -2.38. The zero-order valence-electron chi connectivity index (χ0n) is 11.1. The topological polar surface area (TPSA) is 41.6 Å². The van der Waals surface area contributed by atoms with Gasteiger partial charge < -0.3 is 9.64 Å². The zero-order valence-corrected chi connectivity index (χ0v) is 11.1. The number of nitrogens with one attached hydrogen (secondary N) is 1. The van der Waals surface area contributed by atoms with E-state index in [2.05, 4.69) is 5.32 Å². The average molecular weight is 288 g/mol. The van der Waals surface area contributed by atoms with Crippen LogP contribution in [-0.2, 0) is 4.79 Å². The Kier molecular flexibility index (Phi) is 3.89. The van der Waals surface area contributed by atoms with Gasteiger partial charge in [-0.15, -0.1) is 0 Å². The van der Waals surface area contributed by atoms with Crippen molar-refractivity contribution in [3.63, 3.8) is 0 Å². The van der Waals surface area contributed by atoms with E-state index < -0.39 is 24.8 Å². The fourth-order valence-electron chi connectivity index (χ4n) is 2.28. The summed E-state index contributed by atoms with van der Waals surface area (Å²) in [5.74, 6) is 0.0984. The quantitative estimate of drug-likeness (QED) is 0.925. The van der Waals surface area contributed by atoms with Crippen LogP contribution in [0.3, 0.4) is 0 Å². The average Bonchev–Trinajstić information content (AvgIpc) is 2.69. The van der Waals surface area contributed by atoms with Crippen molar-refractivity contribution < 1.29 is 22.7 Å². The van der Waals surface area contributed by atoms with E-state index in [1.807, 2.05) is 0 Å². The second-order valence-corrected chi connectivity index (χ2v) is 4.65. The maximum absolute atomic E-state index is 12.5. The Hall–Kier alpha value is -1.76. The molecule has 1 saturated heterocycles. The van der Waals surface area contributed by atoms with Crippen LogP contribution >= 0.6 is 0 Å². The third kappa shape index (κ3) is 3.04. The van der Waals surface area contributed by atoms with Crippen LogP contribution in [0.1, 0.15) is 17.3 Å². The molecule has 1 N–H and O–H groups in total. The second-order valence-electron chi connectivity index (χ2n) is 4.65. The zero-order chi connectivity index (χ0) is 14.9. The van der Waals surface area contributed by atoms with Gasteiger partial charge in [0.2, 0.25) is 5.91 Å². The predicted molar refractivity (Wildman–Crippen MR) is 66.2 cm³/mol. The molecule has 1 aliphatic rings. The molecule has 4 nitrogen and oxygen atoms in total. The van der Waals surface area contributed by atoms with E-state index in [9.17, 15) is 18.0 Å². The van der Waals surface area contributed by atoms with Gasteiger partial charge in [-0.25, -0.2) is 0 Å². The van der Waals surface area contributed by atoms with Gasteiger partial charge in [-0.3, -0.25) is 10.1 Å². The number of amides is 1. The van der Waals surface area contributed by atoms with Crippen LogP contribution in [0.2, 0.25) is 0 Å². The molecule has 1 unspecified atom stereocenters. The van der Waals surface area contributed by atoms with Crippen LogP contribution in [0.5, 0.6) is 5.75 Å². The summed E-state index contributed by atoms with van der Waals surface area (Å²) in [6.45, 7) is 0.452. The molecule has 1 fully saturated rings. The van der Waals surface area contributed by atoms with E-state index >= 15 is 0 Å². The largest absolute Gasteiger partial charge is 0.496 e. The number of hydrogen-bond acceptors (Lipinski definition) is 3. The summed E-state index contributed by atoms with van der Waals surface area (Å²) in [4.78, 5) is 12.4. The van der Waals surface area contributed by atoms with Gasteiger partial charge in [0, 0.05) is 0 Å². The molecule has 1 aromatic rings. The van der Waals surface area contributed by atoms with Crippen molar-refractivity contribution in [2.24, 2.45) is 0 Å². The molecule has 0 aliphatic carbocycles. The molecular formula is C13H15F3N2O2. The summed E-state index contributed by atoms with van der Waals surface area (Å²) >= 11 is 0. The third-order valence-electron chi connectivity index (χ3n) is 3.16. The number of benzene rings is 1. The first-order valence-corrected chi connectivity index (χ1v) is 6.06. The number of carbonyl (C=O) groups is 1. The smallest absolute Gasteiger partial charge is 0.406 e. The van der Waals surface area contributed by atoms with E-state index in [1.54, 1.807) is 25.1 Å². The minimum Gasteiger partial charge on any atom is -0.496 e. The van der Waals surface area contributed by atoms with Crippen LogP contribution in [0.25, 0.3) is 0 Å². The Labute approximate surface area is 114 Å². The number of methoxy groups -OCH3 is 1. The summed E-state index contributed by atoms with van der Waals surface area (Å²) < 4.78 is 42.7. The molecule has 1 atom stereocenters. The Morgan fingerprint density at radius 2 is 2.15 bits per heavy atom. The molecule has 7 heteroatoms. The lowest BCUT2D eigenvalue weighted by Gasteiger charge is -2.26. The predicted octanol–water partition coefficient (Wildman–Crippen LogP) is 2.00. The highest BCUT2D eigenvalue weighted by atomic mass is 19.4. The fraction of sp³-hybridized carbons (Fsp3) is 0.462. The van der Waals surface area contributed by atoms with Crippen molar-refractivity contribution in [3.05, 3.63) is 29.3 Å². The molecular weight excluding hydrogens is 273 g/mol. The summed E-state index contributed by atoms with van der Waals surface area (Å²) in [5, 5.41) is 2.80. The molecule has 1 heterocycles. The Morgan fingerprint density at radius 1 is 1.45 bits per heavy atom. The maximum Gasteiger partial charge on any atom is 0.406 e. The normalized spacial score (nSPS) is 19.6. The number of carbonyl (C=O) groups excluding carboxylic acids is 1. The fourth-order valence-corrected chi connectivity index (χ4v) is 2.28. The Balaban J connectivity index is 2.26. The maximum atomic E-state index is 12.5. The number of aryl methyl sites for hydroxylation is 1. The summed E-state index contributed by atoms with van der Waals surface area (Å²) in [6.07, 6.45) is -5.17. The van der Waals surface area contributed by atoms with Gasteiger partial charge in [-0.2, -0.15) is 13.2 Å². The lowest BCUT2D eigenvalue weighted by atomic mass is 10.1. The standard InChI is InChI=1S/C13H15F3N2O2/c1-8-5-9(3-4-10(8)20-2)12-17-6-11(19)18(12)7-13(14,15)16/h3-5,12,17H,6-7H2,1-2H3. The van der Waals surface area contributed by atoms with Crippen molar-refractivity contribution in [2.75, 3.05) is 20.2 Å². The number of halogens is 3. The Bertz CT molecular complexity index is 517. The molecule has 0 bridgehead atoms.